The highest BCUT2D eigenvalue weighted by molar-refractivity contribution is 5.40. The number of nitrogens with zero attached hydrogens (tertiary/aromatic N) is 5. The molecule has 1 saturated heterocycles. The number of benzene rings is 1. The summed E-state index contributed by atoms with van der Waals surface area (Å²) in [7, 11) is 0. The molecule has 1 aromatic carbocycles. The fourth-order valence-electron chi connectivity index (χ4n) is 3.57. The maximum absolute atomic E-state index is 4.60. The fraction of sp³-hybridized carbons (Fsp3) is 0.364. The lowest BCUT2D eigenvalue weighted by atomic mass is 10.2. The van der Waals surface area contributed by atoms with Crippen molar-refractivity contribution in [3.8, 4) is 5.69 Å². The van der Waals surface area contributed by atoms with E-state index in [1.807, 2.05) is 23.1 Å². The molecule has 1 N–H and O–H groups in total. The van der Waals surface area contributed by atoms with Crippen LogP contribution in [0.15, 0.2) is 61.1 Å². The first kappa shape index (κ1) is 18.7. The van der Waals surface area contributed by atoms with Crippen molar-refractivity contribution >= 4 is 5.82 Å². The third-order valence-electron chi connectivity index (χ3n) is 5.30. The van der Waals surface area contributed by atoms with E-state index in [0.717, 1.165) is 44.2 Å². The summed E-state index contributed by atoms with van der Waals surface area (Å²) in [5, 5.41) is 7.71. The van der Waals surface area contributed by atoms with Crippen LogP contribution in [0.25, 0.3) is 5.69 Å². The minimum Gasteiger partial charge on any atom is -0.366 e. The van der Waals surface area contributed by atoms with Gasteiger partial charge in [-0.25, -0.2) is 9.67 Å². The van der Waals surface area contributed by atoms with Crippen molar-refractivity contribution < 1.29 is 0 Å². The van der Waals surface area contributed by atoms with Gasteiger partial charge in [-0.1, -0.05) is 25.1 Å². The molecule has 146 valence electrons. The van der Waals surface area contributed by atoms with E-state index in [1.165, 1.54) is 24.2 Å². The predicted molar refractivity (Wildman–Crippen MR) is 113 cm³/mol. The molecule has 0 atom stereocenters. The second kappa shape index (κ2) is 8.99. The quantitative estimate of drug-likeness (QED) is 0.687. The maximum Gasteiger partial charge on any atom is 0.126 e. The molecule has 28 heavy (non-hydrogen) atoms. The molecule has 0 radical (unpaired) electrons. The van der Waals surface area contributed by atoms with Gasteiger partial charge in [-0.05, 0) is 41.9 Å². The van der Waals surface area contributed by atoms with E-state index < -0.39 is 0 Å². The minimum atomic E-state index is 0.737. The van der Waals surface area contributed by atoms with E-state index in [4.69, 9.17) is 0 Å². The minimum absolute atomic E-state index is 0.737. The molecule has 0 saturated carbocycles. The van der Waals surface area contributed by atoms with Crippen molar-refractivity contribution in [2.45, 2.75) is 20.0 Å². The molecule has 3 heterocycles. The summed E-state index contributed by atoms with van der Waals surface area (Å²) in [4.78, 5) is 9.61. The predicted octanol–water partition coefficient (Wildman–Crippen LogP) is 3.02. The average Bonchev–Trinajstić information content (AvgIpc) is 3.29. The van der Waals surface area contributed by atoms with Crippen LogP contribution in [0.2, 0.25) is 0 Å². The Morgan fingerprint density at radius 3 is 2.54 bits per heavy atom. The highest BCUT2D eigenvalue weighted by atomic mass is 15.3. The van der Waals surface area contributed by atoms with Crippen LogP contribution in [0.3, 0.4) is 0 Å². The molecule has 6 heteroatoms. The zero-order valence-electron chi connectivity index (χ0n) is 16.5. The van der Waals surface area contributed by atoms with Gasteiger partial charge in [0.2, 0.25) is 0 Å². The van der Waals surface area contributed by atoms with Gasteiger partial charge < -0.3 is 10.2 Å². The van der Waals surface area contributed by atoms with Crippen molar-refractivity contribution in [2.24, 2.45) is 0 Å². The number of piperazine rings is 1. The molecule has 0 spiro atoms. The van der Waals surface area contributed by atoms with E-state index in [9.17, 15) is 0 Å². The summed E-state index contributed by atoms with van der Waals surface area (Å²) in [6.45, 7) is 9.72. The van der Waals surface area contributed by atoms with E-state index in [1.54, 1.807) is 6.20 Å². The van der Waals surface area contributed by atoms with Gasteiger partial charge in [0.05, 0.1) is 5.69 Å². The number of rotatable bonds is 7. The zero-order chi connectivity index (χ0) is 19.2. The number of nitrogens with one attached hydrogen (secondary N) is 1. The van der Waals surface area contributed by atoms with Crippen molar-refractivity contribution in [1.82, 2.24) is 24.6 Å². The first-order valence-electron chi connectivity index (χ1n) is 10.0. The molecule has 1 aliphatic rings. The van der Waals surface area contributed by atoms with E-state index in [0.29, 0.717) is 0 Å². The number of hydrogen-bond acceptors (Lipinski definition) is 5. The summed E-state index contributed by atoms with van der Waals surface area (Å²) in [6, 6.07) is 14.6. The monoisotopic (exact) mass is 376 g/mol. The molecular formula is C22H28N6. The lowest BCUT2D eigenvalue weighted by molar-refractivity contribution is 0.132. The Balaban J connectivity index is 1.30. The van der Waals surface area contributed by atoms with Crippen molar-refractivity contribution in [3.63, 3.8) is 0 Å². The molecule has 1 fully saturated rings. The average molecular weight is 377 g/mol. The lowest BCUT2D eigenvalue weighted by Crippen LogP contribution is -2.45. The number of hydrogen-bond donors (Lipinski definition) is 1. The standard InChI is InChI=1S/C22H28N6/c1-2-26-11-13-27(14-12-26)18-20-7-8-22(24-17-20)23-16-19-5-3-6-21(15-19)28-10-4-9-25-28/h3-10,15,17H,2,11-14,16,18H2,1H3,(H,23,24). The summed E-state index contributed by atoms with van der Waals surface area (Å²) < 4.78 is 1.87. The Hall–Kier alpha value is -2.70. The number of anilines is 1. The first-order valence-corrected chi connectivity index (χ1v) is 10.0. The molecular weight excluding hydrogens is 348 g/mol. The highest BCUT2D eigenvalue weighted by Crippen LogP contribution is 2.13. The van der Waals surface area contributed by atoms with Crippen LogP contribution in [0.5, 0.6) is 0 Å². The van der Waals surface area contributed by atoms with Crippen molar-refractivity contribution in [3.05, 3.63) is 72.2 Å². The van der Waals surface area contributed by atoms with Crippen LogP contribution in [-0.2, 0) is 13.1 Å². The van der Waals surface area contributed by atoms with Gasteiger partial charge >= 0.3 is 0 Å². The molecule has 0 unspecified atom stereocenters. The van der Waals surface area contributed by atoms with E-state index >= 15 is 0 Å². The van der Waals surface area contributed by atoms with Crippen molar-refractivity contribution in [1.29, 1.82) is 0 Å². The Kier molecular flexibility index (Phi) is 5.99. The Morgan fingerprint density at radius 2 is 1.82 bits per heavy atom. The number of pyridine rings is 1. The molecule has 0 bridgehead atoms. The fourth-order valence-corrected chi connectivity index (χ4v) is 3.57. The third-order valence-corrected chi connectivity index (χ3v) is 5.30. The lowest BCUT2D eigenvalue weighted by Gasteiger charge is -2.33. The van der Waals surface area contributed by atoms with Crippen LogP contribution in [0.4, 0.5) is 5.82 Å². The molecule has 0 amide bonds. The smallest absolute Gasteiger partial charge is 0.126 e. The van der Waals surface area contributed by atoms with Crippen LogP contribution in [0.1, 0.15) is 18.1 Å². The van der Waals surface area contributed by atoms with Gasteiger partial charge in [-0.3, -0.25) is 4.90 Å². The normalized spacial score (nSPS) is 15.6. The molecule has 2 aromatic heterocycles. The highest BCUT2D eigenvalue weighted by Gasteiger charge is 2.15. The van der Waals surface area contributed by atoms with E-state index in [2.05, 4.69) is 68.5 Å². The number of likely N-dealkylation sites (N-methyl/N-ethyl adjacent to an activating group) is 1. The second-order valence-corrected chi connectivity index (χ2v) is 7.24. The Labute approximate surface area is 166 Å². The summed E-state index contributed by atoms with van der Waals surface area (Å²) >= 11 is 0. The molecule has 6 nitrogen and oxygen atoms in total. The van der Waals surface area contributed by atoms with Gasteiger partial charge in [0.15, 0.2) is 0 Å². The zero-order valence-corrected chi connectivity index (χ0v) is 16.5. The van der Waals surface area contributed by atoms with Crippen molar-refractivity contribution in [2.75, 3.05) is 38.0 Å². The Bertz CT molecular complexity index is 851. The maximum atomic E-state index is 4.60. The topological polar surface area (TPSA) is 49.2 Å². The van der Waals surface area contributed by atoms with Crippen LogP contribution < -0.4 is 5.32 Å². The molecule has 3 aromatic rings. The SMILES string of the molecule is CCN1CCN(Cc2ccc(NCc3cccc(-n4cccn4)c3)nc2)CC1. The summed E-state index contributed by atoms with van der Waals surface area (Å²) in [6.07, 6.45) is 5.74. The Morgan fingerprint density at radius 1 is 0.964 bits per heavy atom. The molecule has 0 aliphatic carbocycles. The van der Waals surface area contributed by atoms with E-state index in [-0.39, 0.29) is 0 Å². The van der Waals surface area contributed by atoms with Crippen LogP contribution in [0, 0.1) is 0 Å². The third kappa shape index (κ3) is 4.77. The molecule has 1 aliphatic heterocycles. The summed E-state index contributed by atoms with van der Waals surface area (Å²) in [5.41, 5.74) is 3.54. The van der Waals surface area contributed by atoms with Gasteiger partial charge in [-0.2, -0.15) is 5.10 Å². The number of aromatic nitrogens is 3. The van der Waals surface area contributed by atoms with Gasteiger partial charge in [0.1, 0.15) is 5.82 Å². The second-order valence-electron chi connectivity index (χ2n) is 7.24. The van der Waals surface area contributed by atoms with Gasteiger partial charge in [-0.15, -0.1) is 0 Å². The van der Waals surface area contributed by atoms with Crippen LogP contribution in [-0.4, -0.2) is 57.3 Å². The van der Waals surface area contributed by atoms with Gasteiger partial charge in [0, 0.05) is 57.9 Å². The first-order chi connectivity index (χ1) is 13.8. The largest absolute Gasteiger partial charge is 0.366 e. The van der Waals surface area contributed by atoms with Crippen LogP contribution >= 0.6 is 0 Å². The molecule has 4 rings (SSSR count). The van der Waals surface area contributed by atoms with Gasteiger partial charge in [0.25, 0.3) is 0 Å². The summed E-state index contributed by atoms with van der Waals surface area (Å²) in [5.74, 6) is 0.907.